The quantitative estimate of drug-likeness (QED) is 0.204. The first-order chi connectivity index (χ1) is 5.54. The highest BCUT2D eigenvalue weighted by Gasteiger charge is 2.07. The molecule has 0 rings (SSSR count). The number of nitrogens with two attached hydrogens (primary N) is 3. The largest absolute Gasteiger partial charge is 0.370 e. The zero-order valence-corrected chi connectivity index (χ0v) is 8.82. The molecule has 0 fully saturated rings. The third kappa shape index (κ3) is 6.35. The van der Waals surface area contributed by atoms with Gasteiger partial charge in [0.15, 0.2) is 5.96 Å². The van der Waals surface area contributed by atoms with Gasteiger partial charge in [-0.05, 0) is 12.8 Å². The van der Waals surface area contributed by atoms with Crippen LogP contribution in [0, 0.1) is 0 Å². The number of nitrogens with zero attached hydrogens (tertiary/aromatic N) is 1. The number of guanidine groups is 1. The zero-order chi connectivity index (χ0) is 9.56. The fourth-order valence-corrected chi connectivity index (χ4v) is 0.944. The van der Waals surface area contributed by atoms with Crippen molar-refractivity contribution in [1.29, 1.82) is 0 Å². The summed E-state index contributed by atoms with van der Waals surface area (Å²) in [7, 11) is 0. The van der Waals surface area contributed by atoms with Crippen LogP contribution < -0.4 is 17.2 Å². The lowest BCUT2D eigenvalue weighted by Gasteiger charge is -2.03. The number of carbonyl (C=O) groups excluding carboxylic acids is 1. The van der Waals surface area contributed by atoms with E-state index in [1.54, 1.807) is 22.6 Å². The maximum atomic E-state index is 10.6. The minimum Gasteiger partial charge on any atom is -0.370 e. The standard InChI is InChI=1S/C6H13IN4O/c7-5(12)4(8)2-1-3-11-6(9)10/h4H,1-3,8H2,(H4,9,10,11). The Kier molecular flexibility index (Phi) is 5.99. The molecule has 0 aromatic heterocycles. The lowest BCUT2D eigenvalue weighted by molar-refractivity contribution is -0.110. The molecule has 0 heterocycles. The highest BCUT2D eigenvalue weighted by Crippen LogP contribution is 2.00. The molecule has 0 saturated carbocycles. The van der Waals surface area contributed by atoms with Gasteiger partial charge in [0.1, 0.15) is 0 Å². The molecular formula is C6H13IN4O. The Morgan fingerprint density at radius 2 is 2.08 bits per heavy atom. The van der Waals surface area contributed by atoms with Crippen molar-refractivity contribution in [2.24, 2.45) is 22.2 Å². The van der Waals surface area contributed by atoms with Crippen molar-refractivity contribution in [1.82, 2.24) is 0 Å². The zero-order valence-electron chi connectivity index (χ0n) is 6.66. The van der Waals surface area contributed by atoms with Crippen molar-refractivity contribution in [2.45, 2.75) is 18.9 Å². The van der Waals surface area contributed by atoms with Gasteiger partial charge in [-0.3, -0.25) is 9.79 Å². The van der Waals surface area contributed by atoms with Crippen molar-refractivity contribution in [3.8, 4) is 0 Å². The molecule has 0 saturated heterocycles. The molecule has 0 aromatic carbocycles. The third-order valence-corrected chi connectivity index (χ3v) is 2.06. The lowest BCUT2D eigenvalue weighted by atomic mass is 10.2. The van der Waals surface area contributed by atoms with E-state index in [0.717, 1.165) is 6.42 Å². The predicted molar refractivity (Wildman–Crippen MR) is 56.9 cm³/mol. The minimum absolute atomic E-state index is 0.0303. The monoisotopic (exact) mass is 284 g/mol. The maximum Gasteiger partial charge on any atom is 0.208 e. The second kappa shape index (κ2) is 6.18. The second-order valence-electron chi connectivity index (χ2n) is 2.36. The highest BCUT2D eigenvalue weighted by atomic mass is 127. The van der Waals surface area contributed by atoms with Crippen LogP contribution in [0.3, 0.4) is 0 Å². The van der Waals surface area contributed by atoms with Gasteiger partial charge in [-0.1, -0.05) is 0 Å². The molecule has 12 heavy (non-hydrogen) atoms. The van der Waals surface area contributed by atoms with Crippen molar-refractivity contribution in [2.75, 3.05) is 6.54 Å². The molecule has 5 nitrogen and oxygen atoms in total. The molecule has 0 aliphatic rings. The Labute approximate surface area is 84.9 Å². The third-order valence-electron chi connectivity index (χ3n) is 1.26. The van der Waals surface area contributed by atoms with Gasteiger partial charge in [0.05, 0.1) is 6.04 Å². The van der Waals surface area contributed by atoms with E-state index in [4.69, 9.17) is 17.2 Å². The molecular weight excluding hydrogens is 271 g/mol. The lowest BCUT2D eigenvalue weighted by Crippen LogP contribution is -2.27. The van der Waals surface area contributed by atoms with Crippen LogP contribution in [0.2, 0.25) is 0 Å². The van der Waals surface area contributed by atoms with Gasteiger partial charge in [-0.2, -0.15) is 0 Å². The second-order valence-corrected chi connectivity index (χ2v) is 3.42. The van der Waals surface area contributed by atoms with E-state index in [-0.39, 0.29) is 15.8 Å². The molecule has 6 N–H and O–H groups in total. The van der Waals surface area contributed by atoms with Gasteiger partial charge in [-0.15, -0.1) is 0 Å². The Bertz CT molecular complexity index is 178. The molecule has 1 atom stereocenters. The molecule has 0 aliphatic carbocycles. The first-order valence-corrected chi connectivity index (χ1v) is 4.62. The topological polar surface area (TPSA) is 107 Å². The first kappa shape index (κ1) is 11.6. The van der Waals surface area contributed by atoms with E-state index >= 15 is 0 Å². The van der Waals surface area contributed by atoms with Crippen LogP contribution in [0.5, 0.6) is 0 Å². The van der Waals surface area contributed by atoms with Crippen LogP contribution in [0.15, 0.2) is 4.99 Å². The molecule has 6 heteroatoms. The van der Waals surface area contributed by atoms with E-state index < -0.39 is 0 Å². The molecule has 0 aromatic rings. The average Bonchev–Trinajstić information content (AvgIpc) is 1.97. The number of hydrogen-bond acceptors (Lipinski definition) is 3. The summed E-state index contributed by atoms with van der Waals surface area (Å²) in [4.78, 5) is 14.4. The summed E-state index contributed by atoms with van der Waals surface area (Å²) >= 11 is 1.68. The molecule has 0 aliphatic heterocycles. The van der Waals surface area contributed by atoms with Gasteiger partial charge < -0.3 is 17.2 Å². The van der Waals surface area contributed by atoms with Crippen LogP contribution in [0.25, 0.3) is 0 Å². The Morgan fingerprint density at radius 1 is 1.50 bits per heavy atom. The highest BCUT2D eigenvalue weighted by molar-refractivity contribution is 14.1. The van der Waals surface area contributed by atoms with Crippen LogP contribution in [0.1, 0.15) is 12.8 Å². The van der Waals surface area contributed by atoms with Crippen molar-refractivity contribution >= 4 is 32.3 Å². The summed E-state index contributed by atoms with van der Waals surface area (Å²) in [6.45, 7) is 0.528. The van der Waals surface area contributed by atoms with Crippen molar-refractivity contribution < 1.29 is 4.79 Å². The van der Waals surface area contributed by atoms with E-state index in [9.17, 15) is 4.79 Å². The Balaban J connectivity index is 3.44. The van der Waals surface area contributed by atoms with Crippen molar-refractivity contribution in [3.63, 3.8) is 0 Å². The van der Waals surface area contributed by atoms with Crippen molar-refractivity contribution in [3.05, 3.63) is 0 Å². The van der Waals surface area contributed by atoms with Gasteiger partial charge in [0.25, 0.3) is 0 Å². The smallest absolute Gasteiger partial charge is 0.208 e. The average molecular weight is 284 g/mol. The maximum absolute atomic E-state index is 10.6. The molecule has 0 radical (unpaired) electrons. The fourth-order valence-electron chi connectivity index (χ4n) is 0.633. The van der Waals surface area contributed by atoms with E-state index in [2.05, 4.69) is 4.99 Å². The summed E-state index contributed by atoms with van der Waals surface area (Å²) in [5.41, 5.74) is 15.7. The summed E-state index contributed by atoms with van der Waals surface area (Å²) in [5, 5.41) is 0. The van der Waals surface area contributed by atoms with Crippen LogP contribution in [-0.2, 0) is 4.79 Å². The SMILES string of the molecule is NC(N)=NCCCC(N)C(=O)I. The molecule has 1 unspecified atom stereocenters. The molecule has 0 amide bonds. The number of aliphatic imine (C=N–C) groups is 1. The Hall–Kier alpha value is -0.370. The fraction of sp³-hybridized carbons (Fsp3) is 0.667. The number of rotatable bonds is 5. The number of hydrogen-bond donors (Lipinski definition) is 3. The minimum atomic E-state index is -0.389. The van der Waals surface area contributed by atoms with Gasteiger partial charge >= 0.3 is 0 Å². The Morgan fingerprint density at radius 3 is 2.50 bits per heavy atom. The van der Waals surface area contributed by atoms with Crippen LogP contribution >= 0.6 is 22.6 Å². The van der Waals surface area contributed by atoms with E-state index in [0.29, 0.717) is 13.0 Å². The summed E-state index contributed by atoms with van der Waals surface area (Å²) in [5.74, 6) is 0.0735. The molecule has 0 spiro atoms. The summed E-state index contributed by atoms with van der Waals surface area (Å²) in [6, 6.07) is -0.389. The van der Waals surface area contributed by atoms with Gasteiger partial charge in [-0.25, -0.2) is 0 Å². The van der Waals surface area contributed by atoms with E-state index in [1.165, 1.54) is 0 Å². The predicted octanol–water partition coefficient (Wildman–Crippen LogP) is -0.671. The molecule has 70 valence electrons. The van der Waals surface area contributed by atoms with Crippen LogP contribution in [-0.4, -0.2) is 22.3 Å². The number of carbonyl (C=O) groups is 1. The van der Waals surface area contributed by atoms with Gasteiger partial charge in [0.2, 0.25) is 3.79 Å². The molecule has 0 bridgehead atoms. The normalized spacial score (nSPS) is 12.2. The summed E-state index contributed by atoms with van der Waals surface area (Å²) < 4.78 is -0.0303. The summed E-state index contributed by atoms with van der Waals surface area (Å²) in [6.07, 6.45) is 1.35. The first-order valence-electron chi connectivity index (χ1n) is 3.54. The van der Waals surface area contributed by atoms with Crippen LogP contribution in [0.4, 0.5) is 0 Å². The number of halogens is 1. The van der Waals surface area contributed by atoms with E-state index in [1.807, 2.05) is 0 Å². The van der Waals surface area contributed by atoms with Gasteiger partial charge in [0, 0.05) is 29.1 Å².